The Hall–Kier alpha value is -1.06. The van der Waals surface area contributed by atoms with Crippen LogP contribution in [-0.2, 0) is 19.1 Å². The Labute approximate surface area is 104 Å². The van der Waals surface area contributed by atoms with Gasteiger partial charge in [0.05, 0.1) is 11.3 Å². The summed E-state index contributed by atoms with van der Waals surface area (Å²) in [5, 5.41) is 0. The van der Waals surface area contributed by atoms with Crippen molar-refractivity contribution in [1.29, 1.82) is 0 Å². The van der Waals surface area contributed by atoms with E-state index in [1.165, 1.54) is 0 Å². The first-order valence-electron chi connectivity index (χ1n) is 6.19. The van der Waals surface area contributed by atoms with E-state index < -0.39 is 5.41 Å². The maximum absolute atomic E-state index is 11.6. The van der Waals surface area contributed by atoms with E-state index in [0.717, 1.165) is 12.8 Å². The second kappa shape index (κ2) is 7.30. The second-order valence-electron chi connectivity index (χ2n) is 4.85. The molecule has 1 atom stereocenters. The number of rotatable bonds is 7. The molecule has 1 unspecified atom stereocenters. The normalized spacial score (nSPS) is 13.0. The van der Waals surface area contributed by atoms with E-state index in [1.807, 2.05) is 34.6 Å². The van der Waals surface area contributed by atoms with Crippen LogP contribution >= 0.6 is 0 Å². The highest BCUT2D eigenvalue weighted by atomic mass is 16.6. The lowest BCUT2D eigenvalue weighted by Crippen LogP contribution is -2.27. The number of hydrogen-bond acceptors (Lipinski definition) is 4. The second-order valence-corrected chi connectivity index (χ2v) is 4.85. The fourth-order valence-electron chi connectivity index (χ4n) is 0.925. The van der Waals surface area contributed by atoms with Crippen molar-refractivity contribution in [3.05, 3.63) is 0 Å². The quantitative estimate of drug-likeness (QED) is 0.510. The van der Waals surface area contributed by atoms with Gasteiger partial charge in [-0.05, 0) is 26.7 Å². The number of carbonyl (C=O) groups is 2. The summed E-state index contributed by atoms with van der Waals surface area (Å²) >= 11 is 0. The van der Waals surface area contributed by atoms with E-state index in [2.05, 4.69) is 0 Å². The number of ether oxygens (including phenoxy) is 2. The van der Waals surface area contributed by atoms with Gasteiger partial charge in [-0.2, -0.15) is 0 Å². The summed E-state index contributed by atoms with van der Waals surface area (Å²) in [6.45, 7) is 9.61. The molecule has 4 nitrogen and oxygen atoms in total. The first-order valence-corrected chi connectivity index (χ1v) is 6.19. The molecule has 0 spiro atoms. The van der Waals surface area contributed by atoms with Crippen molar-refractivity contribution in [1.82, 2.24) is 0 Å². The number of esters is 2. The molecule has 0 aromatic carbocycles. The predicted octanol–water partition coefficient (Wildman–Crippen LogP) is 2.56. The van der Waals surface area contributed by atoms with Gasteiger partial charge in [-0.3, -0.25) is 9.59 Å². The van der Waals surface area contributed by atoms with Crippen LogP contribution in [0.2, 0.25) is 0 Å². The monoisotopic (exact) mass is 244 g/mol. The van der Waals surface area contributed by atoms with Gasteiger partial charge in [-0.15, -0.1) is 0 Å². The van der Waals surface area contributed by atoms with E-state index in [1.54, 1.807) is 0 Å². The van der Waals surface area contributed by atoms with Crippen LogP contribution in [0.3, 0.4) is 0 Å². The number of hydrogen-bond donors (Lipinski definition) is 0. The molecule has 0 aliphatic heterocycles. The maximum Gasteiger partial charge on any atom is 0.311 e. The van der Waals surface area contributed by atoms with Crippen molar-refractivity contribution in [2.75, 3.05) is 13.2 Å². The Bertz CT molecular complexity index is 258. The van der Waals surface area contributed by atoms with E-state index in [9.17, 15) is 9.59 Å². The smallest absolute Gasteiger partial charge is 0.311 e. The predicted molar refractivity (Wildman–Crippen MR) is 65.4 cm³/mol. The Morgan fingerprint density at radius 1 is 1.12 bits per heavy atom. The molecule has 0 aromatic rings. The molecule has 0 radical (unpaired) electrons. The van der Waals surface area contributed by atoms with Gasteiger partial charge < -0.3 is 9.47 Å². The molecule has 0 N–H and O–H groups in total. The average Bonchev–Trinajstić information content (AvgIpc) is 2.32. The zero-order chi connectivity index (χ0) is 13.5. The molecule has 0 bridgehead atoms. The molecule has 4 heteroatoms. The summed E-state index contributed by atoms with van der Waals surface area (Å²) in [6.07, 6.45) is 1.47. The van der Waals surface area contributed by atoms with Crippen molar-refractivity contribution < 1.29 is 19.1 Å². The molecule has 0 heterocycles. The van der Waals surface area contributed by atoms with Gasteiger partial charge in [-0.1, -0.05) is 20.8 Å². The summed E-state index contributed by atoms with van der Waals surface area (Å²) in [5.41, 5.74) is -0.472. The average molecular weight is 244 g/mol. The highest BCUT2D eigenvalue weighted by Crippen LogP contribution is 2.21. The van der Waals surface area contributed by atoms with Crippen LogP contribution in [0.5, 0.6) is 0 Å². The van der Waals surface area contributed by atoms with Crippen LogP contribution in [0, 0.1) is 11.3 Å². The van der Waals surface area contributed by atoms with E-state index >= 15 is 0 Å². The van der Waals surface area contributed by atoms with E-state index in [-0.39, 0.29) is 31.1 Å². The highest BCUT2D eigenvalue weighted by Gasteiger charge is 2.26. The number of carbonyl (C=O) groups excluding carboxylic acids is 2. The SMILES string of the molecule is CCC(C)C(=O)OCCOC(=O)C(C)(C)CC. The molecule has 0 saturated carbocycles. The third kappa shape index (κ3) is 5.71. The molecule has 0 aromatic heterocycles. The Morgan fingerprint density at radius 3 is 2.12 bits per heavy atom. The topological polar surface area (TPSA) is 52.6 Å². The standard InChI is InChI=1S/C13H24O4/c1-6-10(3)11(14)16-8-9-17-12(15)13(4,5)7-2/h10H,6-9H2,1-5H3. The van der Waals surface area contributed by atoms with Crippen molar-refractivity contribution >= 4 is 11.9 Å². The van der Waals surface area contributed by atoms with Gasteiger partial charge in [0, 0.05) is 0 Å². The summed E-state index contributed by atoms with van der Waals surface area (Å²) in [6, 6.07) is 0. The van der Waals surface area contributed by atoms with Crippen molar-refractivity contribution in [3.8, 4) is 0 Å². The lowest BCUT2D eigenvalue weighted by atomic mass is 9.91. The van der Waals surface area contributed by atoms with Crippen LogP contribution in [0.25, 0.3) is 0 Å². The minimum Gasteiger partial charge on any atom is -0.462 e. The summed E-state index contributed by atoms with van der Waals surface area (Å²) in [7, 11) is 0. The fraction of sp³-hybridized carbons (Fsp3) is 0.846. The molecule has 0 aliphatic rings. The molecular formula is C13H24O4. The molecule has 100 valence electrons. The summed E-state index contributed by atoms with van der Waals surface area (Å²) < 4.78 is 10.0. The Kier molecular flexibility index (Phi) is 6.85. The molecule has 0 saturated heterocycles. The van der Waals surface area contributed by atoms with Gasteiger partial charge in [0.25, 0.3) is 0 Å². The summed E-state index contributed by atoms with van der Waals surface area (Å²) in [5.74, 6) is -0.587. The third-order valence-electron chi connectivity index (χ3n) is 3.01. The van der Waals surface area contributed by atoms with Crippen molar-refractivity contribution in [2.45, 2.75) is 47.5 Å². The lowest BCUT2D eigenvalue weighted by Gasteiger charge is -2.20. The Morgan fingerprint density at radius 2 is 1.65 bits per heavy atom. The zero-order valence-corrected chi connectivity index (χ0v) is 11.5. The summed E-state index contributed by atoms with van der Waals surface area (Å²) in [4.78, 5) is 22.9. The molecule has 17 heavy (non-hydrogen) atoms. The lowest BCUT2D eigenvalue weighted by molar-refractivity contribution is -0.160. The molecular weight excluding hydrogens is 220 g/mol. The molecule has 0 fully saturated rings. The fourth-order valence-corrected chi connectivity index (χ4v) is 0.925. The largest absolute Gasteiger partial charge is 0.462 e. The van der Waals surface area contributed by atoms with Crippen LogP contribution in [0.4, 0.5) is 0 Å². The van der Waals surface area contributed by atoms with E-state index in [4.69, 9.17) is 9.47 Å². The van der Waals surface area contributed by atoms with Crippen LogP contribution in [0.15, 0.2) is 0 Å². The van der Waals surface area contributed by atoms with Gasteiger partial charge in [0.15, 0.2) is 0 Å². The minimum absolute atomic E-state index is 0.0993. The van der Waals surface area contributed by atoms with Gasteiger partial charge in [-0.25, -0.2) is 0 Å². The molecule has 0 rings (SSSR count). The highest BCUT2D eigenvalue weighted by molar-refractivity contribution is 5.75. The van der Waals surface area contributed by atoms with Gasteiger partial charge >= 0.3 is 11.9 Å². The van der Waals surface area contributed by atoms with Crippen LogP contribution in [-0.4, -0.2) is 25.2 Å². The van der Waals surface area contributed by atoms with Crippen molar-refractivity contribution in [3.63, 3.8) is 0 Å². The Balaban J connectivity index is 3.79. The third-order valence-corrected chi connectivity index (χ3v) is 3.01. The van der Waals surface area contributed by atoms with Crippen molar-refractivity contribution in [2.24, 2.45) is 11.3 Å². The molecule has 0 amide bonds. The first-order chi connectivity index (χ1) is 7.85. The van der Waals surface area contributed by atoms with Crippen LogP contribution in [0.1, 0.15) is 47.5 Å². The maximum atomic E-state index is 11.6. The van der Waals surface area contributed by atoms with Crippen LogP contribution < -0.4 is 0 Å². The zero-order valence-electron chi connectivity index (χ0n) is 11.5. The van der Waals surface area contributed by atoms with Gasteiger partial charge in [0.2, 0.25) is 0 Å². The molecule has 0 aliphatic carbocycles. The minimum atomic E-state index is -0.472. The van der Waals surface area contributed by atoms with Gasteiger partial charge in [0.1, 0.15) is 13.2 Å². The van der Waals surface area contributed by atoms with E-state index in [0.29, 0.717) is 0 Å². The first kappa shape index (κ1) is 15.9.